The Balaban J connectivity index is 2.16. The van der Waals surface area contributed by atoms with E-state index in [-0.39, 0.29) is 12.0 Å². The third kappa shape index (κ3) is 4.28. The van der Waals surface area contributed by atoms with Gasteiger partial charge in [-0.15, -0.1) is 11.3 Å². The molecule has 0 aliphatic heterocycles. The van der Waals surface area contributed by atoms with Gasteiger partial charge >= 0.3 is 6.18 Å². The third-order valence-electron chi connectivity index (χ3n) is 3.27. The van der Waals surface area contributed by atoms with E-state index in [4.69, 9.17) is 0 Å². The molecule has 2 aromatic rings. The molecule has 1 heterocycles. The van der Waals surface area contributed by atoms with Gasteiger partial charge in [0.15, 0.2) is 0 Å². The Morgan fingerprint density at radius 3 is 2.67 bits per heavy atom. The monoisotopic (exact) mass is 314 g/mol. The lowest BCUT2D eigenvalue weighted by Gasteiger charge is -2.11. The zero-order valence-corrected chi connectivity index (χ0v) is 12.7. The molecule has 0 bridgehead atoms. The maximum absolute atomic E-state index is 12.9. The van der Waals surface area contributed by atoms with Crippen molar-refractivity contribution in [3.8, 4) is 0 Å². The first-order valence-electron chi connectivity index (χ1n) is 6.65. The minimum Gasteiger partial charge on any atom is -0.317 e. The molecule has 0 fully saturated rings. The fourth-order valence-electron chi connectivity index (χ4n) is 2.05. The van der Waals surface area contributed by atoms with Crippen molar-refractivity contribution in [3.05, 3.63) is 51.5 Å². The van der Waals surface area contributed by atoms with Crippen molar-refractivity contribution < 1.29 is 13.2 Å². The molecule has 0 radical (unpaired) electrons. The first-order chi connectivity index (χ1) is 9.90. The summed E-state index contributed by atoms with van der Waals surface area (Å²) in [5.41, 5.74) is 0.610. The molecule has 0 spiro atoms. The van der Waals surface area contributed by atoms with Crippen molar-refractivity contribution in [2.75, 3.05) is 7.05 Å². The Bertz CT molecular complexity index is 593. The summed E-state index contributed by atoms with van der Waals surface area (Å²) in [7, 11) is 1.87. The molecule has 114 valence electrons. The third-order valence-corrected chi connectivity index (χ3v) is 4.17. The molecule has 1 atom stereocenters. The quantitative estimate of drug-likeness (QED) is 0.905. The van der Waals surface area contributed by atoms with E-state index < -0.39 is 11.7 Å². The minimum atomic E-state index is -4.32. The second-order valence-corrected chi connectivity index (χ2v) is 5.90. The Morgan fingerprint density at radius 1 is 1.29 bits per heavy atom. The SMILES string of the molecule is CNC(C)Cc1csc(Cc2ccccc2C(F)(F)F)n1. The number of aromatic nitrogens is 1. The van der Waals surface area contributed by atoms with Crippen LogP contribution in [0.3, 0.4) is 0 Å². The number of hydrogen-bond acceptors (Lipinski definition) is 3. The number of thiazole rings is 1. The average Bonchev–Trinajstić information content (AvgIpc) is 2.85. The van der Waals surface area contributed by atoms with E-state index in [9.17, 15) is 13.2 Å². The molecule has 0 aliphatic carbocycles. The summed E-state index contributed by atoms with van der Waals surface area (Å²) in [6.45, 7) is 2.04. The normalized spacial score (nSPS) is 13.4. The summed E-state index contributed by atoms with van der Waals surface area (Å²) in [4.78, 5) is 4.43. The van der Waals surface area contributed by atoms with Crippen molar-refractivity contribution in [1.29, 1.82) is 0 Å². The topological polar surface area (TPSA) is 24.9 Å². The average molecular weight is 314 g/mol. The lowest BCUT2D eigenvalue weighted by molar-refractivity contribution is -0.138. The van der Waals surface area contributed by atoms with Crippen LogP contribution in [0, 0.1) is 0 Å². The largest absolute Gasteiger partial charge is 0.416 e. The summed E-state index contributed by atoms with van der Waals surface area (Å²) in [5.74, 6) is 0. The molecule has 0 aliphatic rings. The predicted molar refractivity (Wildman–Crippen MR) is 78.6 cm³/mol. The molecule has 21 heavy (non-hydrogen) atoms. The summed E-state index contributed by atoms with van der Waals surface area (Å²) >= 11 is 1.41. The highest BCUT2D eigenvalue weighted by Gasteiger charge is 2.32. The summed E-state index contributed by atoms with van der Waals surface area (Å²) in [6.07, 6.45) is -3.33. The first-order valence-corrected chi connectivity index (χ1v) is 7.53. The maximum Gasteiger partial charge on any atom is 0.416 e. The van der Waals surface area contributed by atoms with Crippen LogP contribution in [0.15, 0.2) is 29.6 Å². The molecule has 0 saturated heterocycles. The highest BCUT2D eigenvalue weighted by atomic mass is 32.1. The van der Waals surface area contributed by atoms with Gasteiger partial charge in [0.2, 0.25) is 0 Å². The maximum atomic E-state index is 12.9. The van der Waals surface area contributed by atoms with Crippen LogP contribution in [-0.2, 0) is 19.0 Å². The van der Waals surface area contributed by atoms with Gasteiger partial charge in [-0.05, 0) is 25.6 Å². The molecular weight excluding hydrogens is 297 g/mol. The molecule has 1 aromatic carbocycles. The lowest BCUT2D eigenvalue weighted by Crippen LogP contribution is -2.23. The van der Waals surface area contributed by atoms with Crippen LogP contribution in [0.1, 0.15) is 28.8 Å². The Kier molecular flexibility index (Phi) is 5.00. The summed E-state index contributed by atoms with van der Waals surface area (Å²) in [6, 6.07) is 5.96. The van der Waals surface area contributed by atoms with Crippen molar-refractivity contribution in [1.82, 2.24) is 10.3 Å². The molecule has 0 saturated carbocycles. The van der Waals surface area contributed by atoms with Crippen LogP contribution in [0.4, 0.5) is 13.2 Å². The van der Waals surface area contributed by atoms with E-state index in [1.807, 2.05) is 19.4 Å². The van der Waals surface area contributed by atoms with Gasteiger partial charge in [0.25, 0.3) is 0 Å². The van der Waals surface area contributed by atoms with Gasteiger partial charge in [0, 0.05) is 24.3 Å². The van der Waals surface area contributed by atoms with Crippen molar-refractivity contribution in [2.45, 2.75) is 32.0 Å². The molecule has 1 unspecified atom stereocenters. The zero-order valence-electron chi connectivity index (χ0n) is 11.9. The second-order valence-electron chi connectivity index (χ2n) is 4.96. The van der Waals surface area contributed by atoms with Crippen LogP contribution >= 0.6 is 11.3 Å². The summed E-state index contributed by atoms with van der Waals surface area (Å²) < 4.78 is 38.8. The van der Waals surface area contributed by atoms with Gasteiger partial charge in [-0.2, -0.15) is 13.2 Å². The van der Waals surface area contributed by atoms with E-state index in [0.717, 1.165) is 18.2 Å². The molecular formula is C15H17F3N2S. The summed E-state index contributed by atoms with van der Waals surface area (Å²) in [5, 5.41) is 5.75. The Morgan fingerprint density at radius 2 is 2.00 bits per heavy atom. The number of benzene rings is 1. The van der Waals surface area contributed by atoms with Crippen LogP contribution in [-0.4, -0.2) is 18.1 Å². The number of alkyl halides is 3. The van der Waals surface area contributed by atoms with Crippen LogP contribution in [0.25, 0.3) is 0 Å². The smallest absolute Gasteiger partial charge is 0.317 e. The van der Waals surface area contributed by atoms with Gasteiger partial charge in [0.05, 0.1) is 16.3 Å². The molecule has 1 N–H and O–H groups in total. The highest BCUT2D eigenvalue weighted by molar-refractivity contribution is 7.09. The van der Waals surface area contributed by atoms with Crippen molar-refractivity contribution >= 4 is 11.3 Å². The van der Waals surface area contributed by atoms with E-state index in [1.54, 1.807) is 6.07 Å². The van der Waals surface area contributed by atoms with Gasteiger partial charge < -0.3 is 5.32 Å². The van der Waals surface area contributed by atoms with Gasteiger partial charge in [-0.25, -0.2) is 4.98 Å². The molecule has 6 heteroatoms. The fourth-order valence-corrected chi connectivity index (χ4v) is 2.88. The van der Waals surface area contributed by atoms with Gasteiger partial charge in [-0.3, -0.25) is 0 Å². The zero-order chi connectivity index (χ0) is 15.5. The molecule has 2 rings (SSSR count). The second kappa shape index (κ2) is 6.58. The molecule has 1 aromatic heterocycles. The van der Waals surface area contributed by atoms with Crippen LogP contribution in [0.5, 0.6) is 0 Å². The predicted octanol–water partition coefficient (Wildman–Crippen LogP) is 3.90. The van der Waals surface area contributed by atoms with Gasteiger partial charge in [0.1, 0.15) is 0 Å². The number of halogens is 3. The molecule has 0 amide bonds. The minimum absolute atomic E-state index is 0.217. The number of hydrogen-bond donors (Lipinski definition) is 1. The van der Waals surface area contributed by atoms with Crippen LogP contribution < -0.4 is 5.32 Å². The van der Waals surface area contributed by atoms with E-state index >= 15 is 0 Å². The van der Waals surface area contributed by atoms with Crippen molar-refractivity contribution in [2.24, 2.45) is 0 Å². The van der Waals surface area contributed by atoms with Crippen LogP contribution in [0.2, 0.25) is 0 Å². The van der Waals surface area contributed by atoms with Gasteiger partial charge in [-0.1, -0.05) is 18.2 Å². The standard InChI is InChI=1S/C15H17F3N2S/c1-10(19-2)7-12-9-21-14(20-12)8-11-5-3-4-6-13(11)15(16,17)18/h3-6,9-10,19H,7-8H2,1-2H3. The number of rotatable bonds is 5. The molecule has 2 nitrogen and oxygen atoms in total. The highest BCUT2D eigenvalue weighted by Crippen LogP contribution is 2.33. The Hall–Kier alpha value is -1.40. The lowest BCUT2D eigenvalue weighted by atomic mass is 10.0. The number of nitrogens with zero attached hydrogens (tertiary/aromatic N) is 1. The van der Waals surface area contributed by atoms with Crippen molar-refractivity contribution in [3.63, 3.8) is 0 Å². The first kappa shape index (κ1) is 16.0. The van der Waals surface area contributed by atoms with E-state index in [0.29, 0.717) is 11.0 Å². The van der Waals surface area contributed by atoms with E-state index in [2.05, 4.69) is 10.3 Å². The Labute approximate surface area is 126 Å². The number of nitrogens with one attached hydrogen (secondary N) is 1. The van der Waals surface area contributed by atoms with E-state index in [1.165, 1.54) is 23.5 Å². The number of likely N-dealkylation sites (N-methyl/N-ethyl adjacent to an activating group) is 1. The fraction of sp³-hybridized carbons (Fsp3) is 0.400.